The Labute approximate surface area is 127 Å². The Bertz CT molecular complexity index is 584. The van der Waals surface area contributed by atoms with Gasteiger partial charge in [0.25, 0.3) is 0 Å². The van der Waals surface area contributed by atoms with E-state index in [0.29, 0.717) is 23.5 Å². The van der Waals surface area contributed by atoms with E-state index in [1.54, 1.807) is 0 Å². The van der Waals surface area contributed by atoms with Gasteiger partial charge < -0.3 is 5.73 Å². The van der Waals surface area contributed by atoms with Crippen molar-refractivity contribution in [2.24, 2.45) is 11.7 Å². The van der Waals surface area contributed by atoms with Crippen molar-refractivity contribution in [3.8, 4) is 0 Å². The van der Waals surface area contributed by atoms with Gasteiger partial charge in [-0.05, 0) is 43.9 Å². The van der Waals surface area contributed by atoms with Crippen LogP contribution in [0.5, 0.6) is 0 Å². The summed E-state index contributed by atoms with van der Waals surface area (Å²) in [6.07, 6.45) is 1.43. The Balaban J connectivity index is 2.20. The second-order valence-corrected chi connectivity index (χ2v) is 8.00. The summed E-state index contributed by atoms with van der Waals surface area (Å²) >= 11 is 3.12. The smallest absolute Gasteiger partial charge is 0.245 e. The van der Waals surface area contributed by atoms with Crippen molar-refractivity contribution in [2.45, 2.75) is 30.7 Å². The number of rotatable bonds is 3. The number of benzene rings is 1. The van der Waals surface area contributed by atoms with E-state index in [1.807, 2.05) is 6.92 Å². The standard InChI is InChI=1S/C13H18BrFN2O2S/c1-9(16)10-4-6-17(7-5-10)20(18,19)13-3-2-11(14)8-12(13)15/h2-3,8-10H,4-7,16H2,1H3. The molecule has 0 amide bonds. The molecule has 0 aliphatic carbocycles. The third kappa shape index (κ3) is 3.21. The predicted molar refractivity (Wildman–Crippen MR) is 79.2 cm³/mol. The van der Waals surface area contributed by atoms with Crippen LogP contribution in [0.4, 0.5) is 4.39 Å². The summed E-state index contributed by atoms with van der Waals surface area (Å²) in [6.45, 7) is 2.72. The molecule has 7 heteroatoms. The molecule has 1 heterocycles. The zero-order chi connectivity index (χ0) is 14.9. The second-order valence-electron chi connectivity index (χ2n) is 5.18. The molecule has 0 spiro atoms. The van der Waals surface area contributed by atoms with Gasteiger partial charge >= 0.3 is 0 Å². The Morgan fingerprint density at radius 3 is 2.50 bits per heavy atom. The van der Waals surface area contributed by atoms with E-state index in [1.165, 1.54) is 22.5 Å². The first-order valence-corrected chi connectivity index (χ1v) is 8.76. The Morgan fingerprint density at radius 1 is 1.40 bits per heavy atom. The van der Waals surface area contributed by atoms with Gasteiger partial charge in [-0.15, -0.1) is 0 Å². The van der Waals surface area contributed by atoms with Crippen molar-refractivity contribution in [2.75, 3.05) is 13.1 Å². The molecule has 0 saturated carbocycles. The predicted octanol–water partition coefficient (Wildman–Crippen LogP) is 2.34. The zero-order valence-corrected chi connectivity index (χ0v) is 13.6. The van der Waals surface area contributed by atoms with E-state index in [9.17, 15) is 12.8 Å². The van der Waals surface area contributed by atoms with Crippen molar-refractivity contribution in [3.63, 3.8) is 0 Å². The molecule has 1 aliphatic rings. The lowest BCUT2D eigenvalue weighted by Gasteiger charge is -2.32. The summed E-state index contributed by atoms with van der Waals surface area (Å²) in [5.41, 5.74) is 5.84. The minimum atomic E-state index is -3.76. The molecular weight excluding hydrogens is 347 g/mol. The lowest BCUT2D eigenvalue weighted by molar-refractivity contribution is 0.250. The van der Waals surface area contributed by atoms with Gasteiger partial charge in [0, 0.05) is 23.6 Å². The monoisotopic (exact) mass is 364 g/mol. The summed E-state index contributed by atoms with van der Waals surface area (Å²) in [7, 11) is -3.76. The number of hydrogen-bond donors (Lipinski definition) is 1. The van der Waals surface area contributed by atoms with Gasteiger partial charge in [-0.1, -0.05) is 15.9 Å². The third-order valence-electron chi connectivity index (χ3n) is 3.75. The molecule has 1 aliphatic heterocycles. The highest BCUT2D eigenvalue weighted by Gasteiger charge is 2.32. The molecule has 1 aromatic carbocycles. The number of halogens is 2. The molecule has 2 N–H and O–H groups in total. The van der Waals surface area contributed by atoms with Crippen LogP contribution < -0.4 is 5.73 Å². The van der Waals surface area contributed by atoms with Crippen LogP contribution in [0.1, 0.15) is 19.8 Å². The van der Waals surface area contributed by atoms with Crippen LogP contribution in [0.2, 0.25) is 0 Å². The average Bonchev–Trinajstić information content (AvgIpc) is 2.38. The summed E-state index contributed by atoms with van der Waals surface area (Å²) in [5.74, 6) is -0.398. The van der Waals surface area contributed by atoms with Crippen molar-refractivity contribution in [1.29, 1.82) is 0 Å². The third-order valence-corrected chi connectivity index (χ3v) is 6.18. The van der Waals surface area contributed by atoms with Gasteiger partial charge in [0.2, 0.25) is 10.0 Å². The summed E-state index contributed by atoms with van der Waals surface area (Å²) in [6, 6.07) is 4.06. The van der Waals surface area contributed by atoms with E-state index in [-0.39, 0.29) is 10.9 Å². The maximum atomic E-state index is 13.9. The molecule has 1 unspecified atom stereocenters. The summed E-state index contributed by atoms with van der Waals surface area (Å²) < 4.78 is 40.6. The number of sulfonamides is 1. The van der Waals surface area contributed by atoms with E-state index >= 15 is 0 Å². The largest absolute Gasteiger partial charge is 0.328 e. The summed E-state index contributed by atoms with van der Waals surface area (Å²) in [5, 5.41) is 0. The first-order chi connectivity index (χ1) is 9.32. The molecule has 1 fully saturated rings. The lowest BCUT2D eigenvalue weighted by Crippen LogP contribution is -2.42. The van der Waals surface area contributed by atoms with Crippen LogP contribution in [0, 0.1) is 11.7 Å². The SMILES string of the molecule is CC(N)C1CCN(S(=O)(=O)c2ccc(Br)cc2F)CC1. The van der Waals surface area contributed by atoms with Crippen molar-refractivity contribution in [3.05, 3.63) is 28.5 Å². The fraction of sp³-hybridized carbons (Fsp3) is 0.538. The van der Waals surface area contributed by atoms with Crippen molar-refractivity contribution in [1.82, 2.24) is 4.31 Å². The number of nitrogens with zero attached hydrogens (tertiary/aromatic N) is 1. The van der Waals surface area contributed by atoms with Crippen molar-refractivity contribution >= 4 is 26.0 Å². The number of piperidine rings is 1. The van der Waals surface area contributed by atoms with Gasteiger partial charge in [-0.2, -0.15) is 4.31 Å². The molecule has 112 valence electrons. The van der Waals surface area contributed by atoms with E-state index in [4.69, 9.17) is 5.73 Å². The maximum Gasteiger partial charge on any atom is 0.245 e. The zero-order valence-electron chi connectivity index (χ0n) is 11.2. The minimum Gasteiger partial charge on any atom is -0.328 e. The fourth-order valence-electron chi connectivity index (χ4n) is 2.47. The first-order valence-electron chi connectivity index (χ1n) is 6.53. The van der Waals surface area contributed by atoms with Gasteiger partial charge in [0.05, 0.1) is 0 Å². The molecule has 2 rings (SSSR count). The lowest BCUT2D eigenvalue weighted by atomic mass is 9.92. The minimum absolute atomic E-state index is 0.0595. The van der Waals surface area contributed by atoms with Crippen LogP contribution in [0.25, 0.3) is 0 Å². The molecule has 0 radical (unpaired) electrons. The first kappa shape index (κ1) is 15.9. The fourth-order valence-corrected chi connectivity index (χ4v) is 4.31. The highest BCUT2D eigenvalue weighted by molar-refractivity contribution is 9.10. The van der Waals surface area contributed by atoms with Crippen LogP contribution in [0.15, 0.2) is 27.6 Å². The number of hydrogen-bond acceptors (Lipinski definition) is 3. The normalized spacial score (nSPS) is 20.0. The van der Waals surface area contributed by atoms with E-state index in [0.717, 1.165) is 12.8 Å². The Kier molecular flexibility index (Phi) is 4.84. The van der Waals surface area contributed by atoms with Crippen LogP contribution in [-0.2, 0) is 10.0 Å². The highest BCUT2D eigenvalue weighted by atomic mass is 79.9. The quantitative estimate of drug-likeness (QED) is 0.894. The van der Waals surface area contributed by atoms with Gasteiger partial charge in [0.15, 0.2) is 0 Å². The van der Waals surface area contributed by atoms with E-state index in [2.05, 4.69) is 15.9 Å². The molecule has 20 heavy (non-hydrogen) atoms. The van der Waals surface area contributed by atoms with Crippen LogP contribution >= 0.6 is 15.9 Å². The maximum absolute atomic E-state index is 13.9. The van der Waals surface area contributed by atoms with Gasteiger partial charge in [0.1, 0.15) is 10.7 Å². The molecule has 0 bridgehead atoms. The second kappa shape index (κ2) is 6.09. The molecule has 1 saturated heterocycles. The van der Waals surface area contributed by atoms with Gasteiger partial charge in [-0.3, -0.25) is 0 Å². The number of nitrogens with two attached hydrogens (primary N) is 1. The topological polar surface area (TPSA) is 63.4 Å². The molecular formula is C13H18BrFN2O2S. The highest BCUT2D eigenvalue weighted by Crippen LogP contribution is 2.27. The Hall–Kier alpha value is -0.500. The van der Waals surface area contributed by atoms with Crippen molar-refractivity contribution < 1.29 is 12.8 Å². The van der Waals surface area contributed by atoms with E-state index < -0.39 is 15.8 Å². The summed E-state index contributed by atoms with van der Waals surface area (Å²) in [4.78, 5) is -0.264. The Morgan fingerprint density at radius 2 is 2.00 bits per heavy atom. The molecule has 4 nitrogen and oxygen atoms in total. The van der Waals surface area contributed by atoms with Crippen LogP contribution in [0.3, 0.4) is 0 Å². The van der Waals surface area contributed by atoms with Gasteiger partial charge in [-0.25, -0.2) is 12.8 Å². The molecule has 0 aromatic heterocycles. The average molecular weight is 365 g/mol. The molecule has 1 atom stereocenters. The van der Waals surface area contributed by atoms with Crippen LogP contribution in [-0.4, -0.2) is 31.9 Å². The molecule has 1 aromatic rings.